The average Bonchev–Trinajstić information content (AvgIpc) is 1.82. The zero-order valence-electron chi connectivity index (χ0n) is 6.21. The van der Waals surface area contributed by atoms with Crippen molar-refractivity contribution in [2.24, 2.45) is 5.73 Å². The van der Waals surface area contributed by atoms with Crippen molar-refractivity contribution in [2.45, 2.75) is 24.3 Å². The predicted octanol–water partition coefficient (Wildman–Crippen LogP) is 1.19. The van der Waals surface area contributed by atoms with Crippen LogP contribution in [0, 0.1) is 0 Å². The standard InChI is InChI=1S/C5H7F6NO/c6-4(7,8)3(12,1-2-13)5(9,10)11/h13H,1-2,12H2. The SMILES string of the molecule is NC(CCO)(C(F)(F)F)C(F)(F)F. The minimum absolute atomic E-state index is 1.28. The number of halogens is 6. The largest absolute Gasteiger partial charge is 0.415 e. The van der Waals surface area contributed by atoms with E-state index in [-0.39, 0.29) is 0 Å². The third-order valence-corrected chi connectivity index (χ3v) is 1.52. The van der Waals surface area contributed by atoms with Crippen LogP contribution in [0.2, 0.25) is 0 Å². The lowest BCUT2D eigenvalue weighted by Crippen LogP contribution is -2.64. The summed E-state index contributed by atoms with van der Waals surface area (Å²) in [5, 5.41) is 8.05. The molecule has 0 bridgehead atoms. The number of nitrogens with two attached hydrogens (primary N) is 1. The Hall–Kier alpha value is -0.500. The molecule has 0 aliphatic carbocycles. The molecule has 13 heavy (non-hydrogen) atoms. The zero-order chi connectivity index (χ0) is 10.9. The van der Waals surface area contributed by atoms with Crippen molar-refractivity contribution < 1.29 is 31.4 Å². The molecule has 0 spiro atoms. The molecule has 0 fully saturated rings. The van der Waals surface area contributed by atoms with Crippen LogP contribution in [-0.2, 0) is 0 Å². The first kappa shape index (κ1) is 12.5. The summed E-state index contributed by atoms with van der Waals surface area (Å²) >= 11 is 0. The van der Waals surface area contributed by atoms with Gasteiger partial charge in [0.2, 0.25) is 5.54 Å². The maximum Gasteiger partial charge on any atom is 0.415 e. The molecule has 0 atom stereocenters. The molecular weight excluding hydrogens is 204 g/mol. The minimum Gasteiger partial charge on any atom is -0.396 e. The summed E-state index contributed by atoms with van der Waals surface area (Å²) in [5.74, 6) is 0. The monoisotopic (exact) mass is 211 g/mol. The van der Waals surface area contributed by atoms with Crippen LogP contribution in [-0.4, -0.2) is 29.6 Å². The van der Waals surface area contributed by atoms with Gasteiger partial charge in [0.05, 0.1) is 0 Å². The van der Waals surface area contributed by atoms with Crippen LogP contribution in [0.3, 0.4) is 0 Å². The van der Waals surface area contributed by atoms with E-state index in [4.69, 9.17) is 5.11 Å². The van der Waals surface area contributed by atoms with Gasteiger partial charge in [-0.1, -0.05) is 0 Å². The Kier molecular flexibility index (Phi) is 3.21. The molecule has 0 saturated heterocycles. The molecule has 0 rings (SSSR count). The molecule has 0 unspecified atom stereocenters. The van der Waals surface area contributed by atoms with Crippen LogP contribution in [0.4, 0.5) is 26.3 Å². The van der Waals surface area contributed by atoms with Crippen LogP contribution >= 0.6 is 0 Å². The third-order valence-electron chi connectivity index (χ3n) is 1.52. The lowest BCUT2D eigenvalue weighted by Gasteiger charge is -2.32. The van der Waals surface area contributed by atoms with Crippen molar-refractivity contribution in [3.05, 3.63) is 0 Å². The molecule has 0 saturated carbocycles. The van der Waals surface area contributed by atoms with Gasteiger partial charge in [0.1, 0.15) is 0 Å². The Morgan fingerprint density at radius 3 is 1.31 bits per heavy atom. The molecule has 0 radical (unpaired) electrons. The highest BCUT2D eigenvalue weighted by atomic mass is 19.4. The Balaban J connectivity index is 4.96. The number of aliphatic hydroxyl groups is 1. The molecule has 80 valence electrons. The smallest absolute Gasteiger partial charge is 0.396 e. The van der Waals surface area contributed by atoms with Gasteiger partial charge in [-0.2, -0.15) is 26.3 Å². The zero-order valence-corrected chi connectivity index (χ0v) is 6.21. The summed E-state index contributed by atoms with van der Waals surface area (Å²) in [6, 6.07) is 0. The van der Waals surface area contributed by atoms with Crippen LogP contribution in [0.5, 0.6) is 0 Å². The van der Waals surface area contributed by atoms with E-state index in [1.54, 1.807) is 0 Å². The van der Waals surface area contributed by atoms with E-state index in [9.17, 15) is 26.3 Å². The Labute approximate surface area is 69.3 Å². The predicted molar refractivity (Wildman–Crippen MR) is 30.7 cm³/mol. The van der Waals surface area contributed by atoms with E-state index in [2.05, 4.69) is 5.73 Å². The molecule has 8 heteroatoms. The molecule has 0 aliphatic heterocycles. The molecule has 3 N–H and O–H groups in total. The number of hydrogen-bond acceptors (Lipinski definition) is 2. The Morgan fingerprint density at radius 1 is 0.923 bits per heavy atom. The number of aliphatic hydroxyl groups excluding tert-OH is 1. The van der Waals surface area contributed by atoms with Crippen molar-refractivity contribution in [2.75, 3.05) is 6.61 Å². The van der Waals surface area contributed by atoms with Gasteiger partial charge >= 0.3 is 12.4 Å². The number of rotatable bonds is 2. The van der Waals surface area contributed by atoms with Crippen molar-refractivity contribution in [3.63, 3.8) is 0 Å². The van der Waals surface area contributed by atoms with Gasteiger partial charge < -0.3 is 10.8 Å². The van der Waals surface area contributed by atoms with E-state index in [1.807, 2.05) is 0 Å². The van der Waals surface area contributed by atoms with E-state index >= 15 is 0 Å². The summed E-state index contributed by atoms with van der Waals surface area (Å²) < 4.78 is 71.0. The first-order valence-corrected chi connectivity index (χ1v) is 3.09. The van der Waals surface area contributed by atoms with Crippen LogP contribution in [0.15, 0.2) is 0 Å². The summed E-state index contributed by atoms with van der Waals surface area (Å²) in [5.41, 5.74) is -0.172. The maximum atomic E-state index is 11.8. The number of alkyl halides is 6. The van der Waals surface area contributed by atoms with Crippen molar-refractivity contribution in [3.8, 4) is 0 Å². The first-order chi connectivity index (χ1) is 5.56. The fraction of sp³-hybridized carbons (Fsp3) is 1.00. The molecule has 0 aromatic heterocycles. The molecule has 0 aromatic rings. The quantitative estimate of drug-likeness (QED) is 0.674. The van der Waals surface area contributed by atoms with Crippen LogP contribution < -0.4 is 5.73 Å². The van der Waals surface area contributed by atoms with Crippen LogP contribution in [0.25, 0.3) is 0 Å². The lowest BCUT2D eigenvalue weighted by molar-refractivity contribution is -0.299. The Bertz CT molecular complexity index is 159. The van der Waals surface area contributed by atoms with Gasteiger partial charge in [-0.25, -0.2) is 0 Å². The highest BCUT2D eigenvalue weighted by Crippen LogP contribution is 2.42. The first-order valence-electron chi connectivity index (χ1n) is 3.09. The van der Waals surface area contributed by atoms with Gasteiger partial charge in [-0.3, -0.25) is 0 Å². The highest BCUT2D eigenvalue weighted by Gasteiger charge is 2.67. The normalized spacial score (nSPS) is 14.8. The van der Waals surface area contributed by atoms with Crippen LogP contribution in [0.1, 0.15) is 6.42 Å². The fourth-order valence-corrected chi connectivity index (χ4v) is 0.621. The lowest BCUT2D eigenvalue weighted by atomic mass is 9.95. The van der Waals surface area contributed by atoms with E-state index < -0.39 is 30.9 Å². The molecule has 0 aliphatic rings. The van der Waals surface area contributed by atoms with Gasteiger partial charge in [0, 0.05) is 13.0 Å². The summed E-state index contributed by atoms with van der Waals surface area (Å²) in [6.45, 7) is -1.28. The van der Waals surface area contributed by atoms with Crippen molar-refractivity contribution in [1.29, 1.82) is 0 Å². The molecule has 0 aromatic carbocycles. The third kappa shape index (κ3) is 2.25. The van der Waals surface area contributed by atoms with E-state index in [0.29, 0.717) is 0 Å². The highest BCUT2D eigenvalue weighted by molar-refractivity contribution is 4.98. The van der Waals surface area contributed by atoms with E-state index in [0.717, 1.165) is 0 Å². The Morgan fingerprint density at radius 2 is 1.23 bits per heavy atom. The number of hydrogen-bond donors (Lipinski definition) is 2. The molecule has 0 heterocycles. The van der Waals surface area contributed by atoms with Gasteiger partial charge in [0.15, 0.2) is 0 Å². The van der Waals surface area contributed by atoms with Crippen molar-refractivity contribution >= 4 is 0 Å². The van der Waals surface area contributed by atoms with Gasteiger partial charge in [-0.05, 0) is 0 Å². The second-order valence-electron chi connectivity index (χ2n) is 2.44. The second-order valence-corrected chi connectivity index (χ2v) is 2.44. The fourth-order valence-electron chi connectivity index (χ4n) is 0.621. The molecule has 2 nitrogen and oxygen atoms in total. The van der Waals surface area contributed by atoms with Gasteiger partial charge in [-0.15, -0.1) is 0 Å². The average molecular weight is 211 g/mol. The molecule has 0 amide bonds. The topological polar surface area (TPSA) is 46.2 Å². The maximum absolute atomic E-state index is 11.8. The van der Waals surface area contributed by atoms with Crippen molar-refractivity contribution in [1.82, 2.24) is 0 Å². The summed E-state index contributed by atoms with van der Waals surface area (Å²) in [7, 11) is 0. The van der Waals surface area contributed by atoms with Gasteiger partial charge in [0.25, 0.3) is 0 Å². The molecular formula is C5H7F6NO. The summed E-state index contributed by atoms with van der Waals surface area (Å²) in [4.78, 5) is 0. The minimum atomic E-state index is -5.62. The second kappa shape index (κ2) is 3.33. The van der Waals surface area contributed by atoms with E-state index in [1.165, 1.54) is 0 Å². The summed E-state index contributed by atoms with van der Waals surface area (Å²) in [6.07, 6.45) is -12.8.